The van der Waals surface area contributed by atoms with E-state index in [2.05, 4.69) is 44.3 Å². The second kappa shape index (κ2) is 7.15. The van der Waals surface area contributed by atoms with Crippen molar-refractivity contribution in [3.63, 3.8) is 0 Å². The van der Waals surface area contributed by atoms with E-state index in [1.54, 1.807) is 0 Å². The maximum atomic E-state index is 6.10. The van der Waals surface area contributed by atoms with Crippen molar-refractivity contribution in [1.29, 1.82) is 0 Å². The predicted octanol–water partition coefficient (Wildman–Crippen LogP) is 6.71. The smallest absolute Gasteiger partial charge is 0.181 e. The van der Waals surface area contributed by atoms with Crippen molar-refractivity contribution in [2.24, 2.45) is 0 Å². The lowest BCUT2D eigenvalue weighted by Crippen LogP contribution is -2.15. The van der Waals surface area contributed by atoms with E-state index in [0.717, 1.165) is 45.5 Å². The minimum Gasteiger partial charge on any atom is -0.453 e. The minimum atomic E-state index is 0.674. The fraction of sp³-hybridized carbons (Fsp3) is 0. The number of hydrogen-bond acceptors (Lipinski definition) is 4. The van der Waals surface area contributed by atoms with Crippen LogP contribution < -0.4 is 9.64 Å². The first-order valence-electron chi connectivity index (χ1n) is 10.1. The second-order valence-electron chi connectivity index (χ2n) is 7.29. The Kier molecular flexibility index (Phi) is 4.03. The molecule has 0 unspecified atom stereocenters. The summed E-state index contributed by atoms with van der Waals surface area (Å²) < 4.78 is 6.10. The van der Waals surface area contributed by atoms with Crippen LogP contribution in [0.2, 0.25) is 0 Å². The number of rotatable bonds is 3. The van der Waals surface area contributed by atoms with Gasteiger partial charge in [-0.25, -0.2) is 4.98 Å². The Labute approximate surface area is 179 Å². The van der Waals surface area contributed by atoms with Crippen LogP contribution in [0.4, 0.5) is 17.1 Å². The highest BCUT2D eigenvalue weighted by molar-refractivity contribution is 5.86. The van der Waals surface area contributed by atoms with Crippen molar-refractivity contribution in [3.8, 4) is 34.3 Å². The number of H-pyrrole nitrogens is 1. The van der Waals surface area contributed by atoms with E-state index in [1.165, 1.54) is 0 Å². The van der Waals surface area contributed by atoms with Gasteiger partial charge in [0.05, 0.1) is 11.4 Å². The molecule has 0 amide bonds. The van der Waals surface area contributed by atoms with Gasteiger partial charge in [0.15, 0.2) is 23.1 Å². The first kappa shape index (κ1) is 17.5. The van der Waals surface area contributed by atoms with Crippen molar-refractivity contribution in [3.05, 3.63) is 103 Å². The number of anilines is 3. The third-order valence-electron chi connectivity index (χ3n) is 5.35. The van der Waals surface area contributed by atoms with E-state index < -0.39 is 0 Å². The van der Waals surface area contributed by atoms with Gasteiger partial charge in [-0.2, -0.15) is 5.10 Å². The van der Waals surface area contributed by atoms with E-state index in [4.69, 9.17) is 4.74 Å². The van der Waals surface area contributed by atoms with Crippen LogP contribution in [0.5, 0.6) is 11.5 Å². The molecule has 0 radical (unpaired) electrons. The third kappa shape index (κ3) is 3.04. The highest BCUT2D eigenvalue weighted by atomic mass is 16.5. The van der Waals surface area contributed by atoms with Gasteiger partial charge >= 0.3 is 0 Å². The summed E-state index contributed by atoms with van der Waals surface area (Å²) in [4.78, 5) is 6.88. The van der Waals surface area contributed by atoms with Crippen LogP contribution in [-0.2, 0) is 0 Å². The van der Waals surface area contributed by atoms with E-state index in [1.807, 2.05) is 78.9 Å². The summed E-state index contributed by atoms with van der Waals surface area (Å²) in [6.45, 7) is 0. The fourth-order valence-corrected chi connectivity index (χ4v) is 3.86. The normalized spacial score (nSPS) is 12.1. The number of nitrogens with zero attached hydrogens (tertiary/aromatic N) is 3. The zero-order valence-electron chi connectivity index (χ0n) is 16.6. The number of para-hydroxylation sites is 4. The molecule has 0 atom stereocenters. The molecule has 0 fully saturated rings. The van der Waals surface area contributed by atoms with Crippen molar-refractivity contribution < 1.29 is 4.74 Å². The zero-order valence-corrected chi connectivity index (χ0v) is 16.6. The van der Waals surface area contributed by atoms with Crippen molar-refractivity contribution in [1.82, 2.24) is 15.2 Å². The highest BCUT2D eigenvalue weighted by Gasteiger charge is 2.25. The van der Waals surface area contributed by atoms with Crippen LogP contribution in [0, 0.1) is 0 Å². The molecule has 1 aliphatic rings. The van der Waals surface area contributed by atoms with Gasteiger partial charge in [-0.3, -0.25) is 5.10 Å². The third-order valence-corrected chi connectivity index (χ3v) is 5.35. The average Bonchev–Trinajstić information content (AvgIpc) is 3.34. The molecule has 1 N–H and O–H groups in total. The van der Waals surface area contributed by atoms with E-state index in [-0.39, 0.29) is 0 Å². The van der Waals surface area contributed by atoms with Gasteiger partial charge in [0.1, 0.15) is 0 Å². The molecule has 148 valence electrons. The fourth-order valence-electron chi connectivity index (χ4n) is 3.86. The van der Waals surface area contributed by atoms with Crippen LogP contribution in [0.1, 0.15) is 0 Å². The zero-order chi connectivity index (χ0) is 20.6. The maximum Gasteiger partial charge on any atom is 0.181 e. The number of fused-ring (bicyclic) bond motifs is 2. The quantitative estimate of drug-likeness (QED) is 0.357. The summed E-state index contributed by atoms with van der Waals surface area (Å²) in [7, 11) is 0. The number of benzene rings is 4. The second-order valence-corrected chi connectivity index (χ2v) is 7.29. The summed E-state index contributed by atoms with van der Waals surface area (Å²) in [5.74, 6) is 3.11. The van der Waals surface area contributed by atoms with Gasteiger partial charge in [0.2, 0.25) is 0 Å². The lowest BCUT2D eigenvalue weighted by molar-refractivity contribution is 0.477. The molecule has 4 aromatic carbocycles. The molecule has 0 saturated carbocycles. The largest absolute Gasteiger partial charge is 0.453 e. The van der Waals surface area contributed by atoms with Crippen molar-refractivity contribution in [2.75, 3.05) is 4.90 Å². The monoisotopic (exact) mass is 402 g/mol. The van der Waals surface area contributed by atoms with Gasteiger partial charge in [-0.05, 0) is 48.5 Å². The van der Waals surface area contributed by atoms with Gasteiger partial charge in [-0.1, -0.05) is 54.6 Å². The molecule has 5 heteroatoms. The molecule has 2 heterocycles. The maximum absolute atomic E-state index is 6.10. The molecular formula is C26H18N4O. The molecule has 0 aliphatic carbocycles. The summed E-state index contributed by atoms with van der Waals surface area (Å²) >= 11 is 0. The summed E-state index contributed by atoms with van der Waals surface area (Å²) in [5.41, 5.74) is 5.04. The molecule has 1 aromatic heterocycles. The van der Waals surface area contributed by atoms with Crippen molar-refractivity contribution in [2.45, 2.75) is 0 Å². The van der Waals surface area contributed by atoms with Crippen LogP contribution >= 0.6 is 0 Å². The number of ether oxygens (including phenoxy) is 1. The Morgan fingerprint density at radius 1 is 0.613 bits per heavy atom. The van der Waals surface area contributed by atoms with Crippen LogP contribution in [0.25, 0.3) is 22.8 Å². The van der Waals surface area contributed by atoms with Crippen LogP contribution in [0.3, 0.4) is 0 Å². The molecule has 1 aliphatic heterocycles. The Morgan fingerprint density at radius 3 is 1.90 bits per heavy atom. The van der Waals surface area contributed by atoms with E-state index in [0.29, 0.717) is 5.82 Å². The number of aromatic nitrogens is 3. The molecule has 5 aromatic rings. The van der Waals surface area contributed by atoms with E-state index >= 15 is 0 Å². The summed E-state index contributed by atoms with van der Waals surface area (Å²) in [6, 6.07) is 34.4. The van der Waals surface area contributed by atoms with Gasteiger partial charge < -0.3 is 9.64 Å². The minimum absolute atomic E-state index is 0.674. The van der Waals surface area contributed by atoms with Crippen LogP contribution in [0.15, 0.2) is 103 Å². The lowest BCUT2D eigenvalue weighted by Gasteiger charge is -2.32. The van der Waals surface area contributed by atoms with Gasteiger partial charge in [0.25, 0.3) is 0 Å². The Morgan fingerprint density at radius 2 is 1.23 bits per heavy atom. The SMILES string of the molecule is c1ccc(-c2nc(-c3ccc(N4c5ccccc5Oc5ccccc54)cc3)n[nH]2)cc1. The first-order valence-corrected chi connectivity index (χ1v) is 10.1. The topological polar surface area (TPSA) is 54.0 Å². The molecule has 5 nitrogen and oxygen atoms in total. The molecule has 6 rings (SSSR count). The Balaban J connectivity index is 1.37. The molecule has 0 saturated heterocycles. The molecule has 0 spiro atoms. The number of aromatic amines is 1. The van der Waals surface area contributed by atoms with E-state index in [9.17, 15) is 0 Å². The Bertz CT molecular complexity index is 1310. The summed E-state index contributed by atoms with van der Waals surface area (Å²) in [6.07, 6.45) is 0. The lowest BCUT2D eigenvalue weighted by atomic mass is 10.1. The highest BCUT2D eigenvalue weighted by Crippen LogP contribution is 2.50. The standard InChI is InChI=1S/C26H18N4O/c1-2-8-18(9-3-1)25-27-26(29-28-25)19-14-16-20(17-15-19)30-21-10-4-6-12-23(21)31-24-13-7-5-11-22(24)30/h1-17H,(H,27,28,29). The van der Waals surface area contributed by atoms with Crippen LogP contribution in [-0.4, -0.2) is 15.2 Å². The number of hydrogen-bond donors (Lipinski definition) is 1. The van der Waals surface area contributed by atoms with Gasteiger partial charge in [-0.15, -0.1) is 0 Å². The summed E-state index contributed by atoms with van der Waals surface area (Å²) in [5, 5.41) is 7.44. The van der Waals surface area contributed by atoms with Crippen molar-refractivity contribution >= 4 is 17.1 Å². The Hall–Kier alpha value is -4.38. The number of nitrogens with one attached hydrogen (secondary N) is 1. The molecule has 0 bridgehead atoms. The molecular weight excluding hydrogens is 384 g/mol. The first-order chi connectivity index (χ1) is 15.4. The molecule has 31 heavy (non-hydrogen) atoms. The predicted molar refractivity (Wildman–Crippen MR) is 122 cm³/mol. The van der Waals surface area contributed by atoms with Gasteiger partial charge in [0, 0.05) is 16.8 Å². The average molecular weight is 402 g/mol.